The first-order valence-electron chi connectivity index (χ1n) is 6.42. The SMILES string of the molecule is CC1CCC(=O)C(Cc2cc(F)cc([N+](=O)[O-])c2)C1. The van der Waals surface area contributed by atoms with Gasteiger partial charge in [-0.1, -0.05) is 6.92 Å². The van der Waals surface area contributed by atoms with Crippen molar-refractivity contribution in [3.63, 3.8) is 0 Å². The molecule has 4 nitrogen and oxygen atoms in total. The average Bonchev–Trinajstić information content (AvgIpc) is 2.33. The molecule has 0 N–H and O–H groups in total. The lowest BCUT2D eigenvalue weighted by Crippen LogP contribution is -2.25. The number of benzene rings is 1. The van der Waals surface area contributed by atoms with Gasteiger partial charge in [-0.25, -0.2) is 4.39 Å². The van der Waals surface area contributed by atoms with E-state index in [9.17, 15) is 19.3 Å². The van der Waals surface area contributed by atoms with Crippen molar-refractivity contribution in [2.45, 2.75) is 32.6 Å². The number of hydrogen-bond donors (Lipinski definition) is 0. The minimum absolute atomic E-state index is 0.134. The lowest BCUT2D eigenvalue weighted by molar-refractivity contribution is -0.385. The summed E-state index contributed by atoms with van der Waals surface area (Å²) in [5.41, 5.74) is 0.269. The van der Waals surface area contributed by atoms with Crippen LogP contribution in [-0.2, 0) is 11.2 Å². The number of non-ortho nitro benzene ring substituents is 1. The van der Waals surface area contributed by atoms with Crippen LogP contribution in [0.4, 0.5) is 10.1 Å². The number of ketones is 1. The highest BCUT2D eigenvalue weighted by Gasteiger charge is 2.27. The first-order chi connectivity index (χ1) is 8.95. The van der Waals surface area contributed by atoms with E-state index in [0.29, 0.717) is 24.3 Å². The molecular weight excluding hydrogens is 249 g/mol. The maximum Gasteiger partial charge on any atom is 0.272 e. The van der Waals surface area contributed by atoms with Crippen molar-refractivity contribution in [2.24, 2.45) is 11.8 Å². The third-order valence-electron chi connectivity index (χ3n) is 3.66. The lowest BCUT2D eigenvalue weighted by atomic mass is 9.78. The van der Waals surface area contributed by atoms with Gasteiger partial charge in [0.1, 0.15) is 11.6 Å². The fourth-order valence-electron chi connectivity index (χ4n) is 2.67. The molecule has 2 unspecified atom stereocenters. The van der Waals surface area contributed by atoms with Crippen LogP contribution >= 0.6 is 0 Å². The molecule has 5 heteroatoms. The van der Waals surface area contributed by atoms with E-state index in [0.717, 1.165) is 18.9 Å². The smallest absolute Gasteiger partial charge is 0.272 e. The van der Waals surface area contributed by atoms with Crippen molar-refractivity contribution in [3.8, 4) is 0 Å². The average molecular weight is 265 g/mol. The molecular formula is C14H16FNO3. The summed E-state index contributed by atoms with van der Waals surface area (Å²) < 4.78 is 13.3. The number of carbonyl (C=O) groups excluding carboxylic acids is 1. The molecule has 1 aromatic carbocycles. The second kappa shape index (κ2) is 5.47. The van der Waals surface area contributed by atoms with Gasteiger partial charge in [-0.15, -0.1) is 0 Å². The molecule has 1 aliphatic rings. The fourth-order valence-corrected chi connectivity index (χ4v) is 2.67. The first kappa shape index (κ1) is 13.6. The summed E-state index contributed by atoms with van der Waals surface area (Å²) in [4.78, 5) is 21.9. The topological polar surface area (TPSA) is 60.2 Å². The monoisotopic (exact) mass is 265 g/mol. The Morgan fingerprint density at radius 2 is 2.16 bits per heavy atom. The van der Waals surface area contributed by atoms with Gasteiger partial charge in [0, 0.05) is 18.4 Å². The Kier molecular flexibility index (Phi) is 3.93. The Balaban J connectivity index is 2.18. The van der Waals surface area contributed by atoms with Crippen LogP contribution in [0, 0.1) is 27.8 Å². The number of hydrogen-bond acceptors (Lipinski definition) is 3. The van der Waals surface area contributed by atoms with Crippen LogP contribution < -0.4 is 0 Å². The van der Waals surface area contributed by atoms with Gasteiger partial charge in [-0.05, 0) is 36.8 Å². The summed E-state index contributed by atoms with van der Waals surface area (Å²) in [6, 6.07) is 3.53. The number of Topliss-reactive ketones (excluding diaryl/α,β-unsaturated/α-hetero) is 1. The molecule has 1 aliphatic carbocycles. The summed E-state index contributed by atoms with van der Waals surface area (Å²) in [5, 5.41) is 10.7. The Bertz CT molecular complexity index is 515. The quantitative estimate of drug-likeness (QED) is 0.622. The summed E-state index contributed by atoms with van der Waals surface area (Å²) in [5.74, 6) is -0.0954. The molecule has 102 valence electrons. The number of nitro groups is 1. The number of halogens is 1. The van der Waals surface area contributed by atoms with Crippen molar-refractivity contribution in [2.75, 3.05) is 0 Å². The second-order valence-electron chi connectivity index (χ2n) is 5.32. The van der Waals surface area contributed by atoms with Crippen molar-refractivity contribution in [1.82, 2.24) is 0 Å². The minimum Gasteiger partial charge on any atom is -0.299 e. The van der Waals surface area contributed by atoms with Crippen LogP contribution in [0.25, 0.3) is 0 Å². The van der Waals surface area contributed by atoms with Crippen LogP contribution in [0.15, 0.2) is 18.2 Å². The van der Waals surface area contributed by atoms with E-state index >= 15 is 0 Å². The van der Waals surface area contributed by atoms with Crippen molar-refractivity contribution >= 4 is 11.5 Å². The van der Waals surface area contributed by atoms with Crippen molar-refractivity contribution < 1.29 is 14.1 Å². The van der Waals surface area contributed by atoms with Gasteiger partial charge in [-0.3, -0.25) is 14.9 Å². The number of nitrogens with zero attached hydrogens (tertiary/aromatic N) is 1. The van der Waals surface area contributed by atoms with Gasteiger partial charge in [-0.2, -0.15) is 0 Å². The van der Waals surface area contributed by atoms with E-state index in [-0.39, 0.29) is 17.4 Å². The van der Waals surface area contributed by atoms with Gasteiger partial charge in [0.2, 0.25) is 0 Å². The van der Waals surface area contributed by atoms with E-state index in [1.54, 1.807) is 0 Å². The van der Waals surface area contributed by atoms with E-state index in [1.807, 2.05) is 0 Å². The van der Waals surface area contributed by atoms with Crippen LogP contribution in [0.3, 0.4) is 0 Å². The van der Waals surface area contributed by atoms with E-state index in [4.69, 9.17) is 0 Å². The van der Waals surface area contributed by atoms with Gasteiger partial charge in [0.25, 0.3) is 5.69 Å². The number of carbonyl (C=O) groups is 1. The molecule has 0 heterocycles. The van der Waals surface area contributed by atoms with E-state index in [1.165, 1.54) is 12.1 Å². The third kappa shape index (κ3) is 3.36. The second-order valence-corrected chi connectivity index (χ2v) is 5.32. The molecule has 0 aromatic heterocycles. The Labute approximate surface area is 110 Å². The van der Waals surface area contributed by atoms with Crippen LogP contribution in [0.2, 0.25) is 0 Å². The maximum absolute atomic E-state index is 13.3. The fraction of sp³-hybridized carbons (Fsp3) is 0.500. The van der Waals surface area contributed by atoms with Gasteiger partial charge in [0.15, 0.2) is 0 Å². The zero-order chi connectivity index (χ0) is 14.0. The molecule has 1 saturated carbocycles. The summed E-state index contributed by atoms with van der Waals surface area (Å²) >= 11 is 0. The maximum atomic E-state index is 13.3. The minimum atomic E-state index is -0.625. The normalized spacial score (nSPS) is 23.4. The predicted octanol–water partition coefficient (Wildman–Crippen LogP) is 3.28. The Morgan fingerprint density at radius 1 is 1.42 bits per heavy atom. The molecule has 0 bridgehead atoms. The van der Waals surface area contributed by atoms with Crippen molar-refractivity contribution in [3.05, 3.63) is 39.7 Å². The van der Waals surface area contributed by atoms with Crippen LogP contribution in [-0.4, -0.2) is 10.7 Å². The highest BCUT2D eigenvalue weighted by atomic mass is 19.1. The molecule has 19 heavy (non-hydrogen) atoms. The van der Waals surface area contributed by atoms with E-state index in [2.05, 4.69) is 6.92 Å². The predicted molar refractivity (Wildman–Crippen MR) is 68.3 cm³/mol. The molecule has 0 spiro atoms. The summed E-state index contributed by atoms with van der Waals surface area (Å²) in [7, 11) is 0. The molecule has 0 radical (unpaired) electrons. The molecule has 0 amide bonds. The highest BCUT2D eigenvalue weighted by Crippen LogP contribution is 2.29. The molecule has 1 aromatic rings. The standard InChI is InChI=1S/C14H16FNO3/c1-9-2-3-14(17)11(4-9)5-10-6-12(15)8-13(7-10)16(18)19/h6-9,11H,2-5H2,1H3. The molecule has 0 saturated heterocycles. The zero-order valence-corrected chi connectivity index (χ0v) is 10.8. The largest absolute Gasteiger partial charge is 0.299 e. The van der Waals surface area contributed by atoms with Crippen molar-refractivity contribution in [1.29, 1.82) is 0 Å². The third-order valence-corrected chi connectivity index (χ3v) is 3.66. The van der Waals surface area contributed by atoms with Crippen LogP contribution in [0.1, 0.15) is 31.7 Å². The highest BCUT2D eigenvalue weighted by molar-refractivity contribution is 5.82. The van der Waals surface area contributed by atoms with Gasteiger partial charge >= 0.3 is 0 Å². The van der Waals surface area contributed by atoms with E-state index < -0.39 is 10.7 Å². The molecule has 1 fully saturated rings. The van der Waals surface area contributed by atoms with Gasteiger partial charge < -0.3 is 0 Å². The molecule has 2 atom stereocenters. The molecule has 2 rings (SSSR count). The summed E-state index contributed by atoms with van der Waals surface area (Å²) in [6.07, 6.45) is 2.63. The first-order valence-corrected chi connectivity index (χ1v) is 6.42. The zero-order valence-electron chi connectivity index (χ0n) is 10.8. The number of nitro benzene ring substituents is 1. The van der Waals surface area contributed by atoms with Gasteiger partial charge in [0.05, 0.1) is 11.0 Å². The number of rotatable bonds is 3. The molecule has 0 aliphatic heterocycles. The summed E-state index contributed by atoms with van der Waals surface area (Å²) in [6.45, 7) is 2.09. The lowest BCUT2D eigenvalue weighted by Gasteiger charge is -2.25. The Hall–Kier alpha value is -1.78. The van der Waals surface area contributed by atoms with Crippen LogP contribution in [0.5, 0.6) is 0 Å². The Morgan fingerprint density at radius 3 is 2.84 bits per heavy atom.